The number of carbonyl (C=O) groups excluding carboxylic acids is 1. The van der Waals surface area contributed by atoms with E-state index in [1.807, 2.05) is 30.3 Å². The van der Waals surface area contributed by atoms with Crippen LogP contribution in [0.4, 0.5) is 5.69 Å². The number of nitro groups is 1. The van der Waals surface area contributed by atoms with Gasteiger partial charge in [-0.3, -0.25) is 14.9 Å². The molecule has 0 saturated heterocycles. The third-order valence-corrected chi connectivity index (χ3v) is 4.21. The Bertz CT molecular complexity index is 1080. The van der Waals surface area contributed by atoms with Gasteiger partial charge in [-0.25, -0.2) is 5.43 Å². The maximum atomic E-state index is 12.4. The van der Waals surface area contributed by atoms with Crippen molar-refractivity contribution in [3.63, 3.8) is 0 Å². The van der Waals surface area contributed by atoms with Gasteiger partial charge in [0.1, 0.15) is 0 Å². The summed E-state index contributed by atoms with van der Waals surface area (Å²) in [7, 11) is 0. The lowest BCUT2D eigenvalue weighted by atomic mass is 10.1. The topological polar surface area (TPSA) is 93.8 Å². The van der Waals surface area contributed by atoms with Gasteiger partial charge < -0.3 is 4.74 Å². The van der Waals surface area contributed by atoms with Crippen LogP contribution in [0.5, 0.6) is 5.75 Å². The Labute approximate surface area is 161 Å². The van der Waals surface area contributed by atoms with Gasteiger partial charge in [-0.2, -0.15) is 5.10 Å². The zero-order chi connectivity index (χ0) is 20.1. The molecule has 7 nitrogen and oxygen atoms in total. The van der Waals surface area contributed by atoms with Crippen LogP contribution in [0.2, 0.25) is 0 Å². The number of amides is 1. The molecule has 0 aromatic heterocycles. The summed E-state index contributed by atoms with van der Waals surface area (Å²) in [5.41, 5.74) is 3.80. The maximum absolute atomic E-state index is 12.4. The molecular weight excluding hydrogens is 358 g/mol. The van der Waals surface area contributed by atoms with Crippen LogP contribution in [0.1, 0.15) is 29.8 Å². The van der Waals surface area contributed by atoms with E-state index in [1.165, 1.54) is 12.1 Å². The third kappa shape index (κ3) is 4.15. The van der Waals surface area contributed by atoms with E-state index in [2.05, 4.69) is 10.5 Å². The minimum Gasteiger partial charge on any atom is -0.487 e. The molecule has 1 N–H and O–H groups in total. The molecule has 0 bridgehead atoms. The van der Waals surface area contributed by atoms with Crippen molar-refractivity contribution in [1.29, 1.82) is 0 Å². The van der Waals surface area contributed by atoms with Crippen LogP contribution in [-0.4, -0.2) is 23.1 Å². The van der Waals surface area contributed by atoms with Gasteiger partial charge in [0.25, 0.3) is 5.91 Å². The number of carbonyl (C=O) groups is 1. The van der Waals surface area contributed by atoms with Crippen molar-refractivity contribution in [2.75, 3.05) is 6.61 Å². The molecule has 0 heterocycles. The number of hydrogen-bond donors (Lipinski definition) is 1. The summed E-state index contributed by atoms with van der Waals surface area (Å²) in [4.78, 5) is 23.1. The second-order valence-electron chi connectivity index (χ2n) is 6.07. The highest BCUT2D eigenvalue weighted by atomic mass is 16.6. The summed E-state index contributed by atoms with van der Waals surface area (Å²) in [6.07, 6.45) is 0. The fourth-order valence-corrected chi connectivity index (χ4v) is 2.76. The van der Waals surface area contributed by atoms with Crippen molar-refractivity contribution in [3.05, 3.63) is 81.9 Å². The SMILES string of the molecule is CCOc1ccc(/C(C)=N\NC(=O)c2ccc3ccccc3c2)cc1[N+](=O)[O-]. The number of hydrogen-bond acceptors (Lipinski definition) is 5. The normalized spacial score (nSPS) is 11.3. The first kappa shape index (κ1) is 19.0. The van der Waals surface area contributed by atoms with Gasteiger partial charge in [-0.15, -0.1) is 0 Å². The van der Waals surface area contributed by atoms with Crippen molar-refractivity contribution in [2.24, 2.45) is 5.10 Å². The highest BCUT2D eigenvalue weighted by Gasteiger charge is 2.17. The van der Waals surface area contributed by atoms with Gasteiger partial charge in [0, 0.05) is 17.2 Å². The van der Waals surface area contributed by atoms with Crippen molar-refractivity contribution < 1.29 is 14.5 Å². The maximum Gasteiger partial charge on any atom is 0.311 e. The van der Waals surface area contributed by atoms with Gasteiger partial charge in [0.2, 0.25) is 0 Å². The first-order valence-corrected chi connectivity index (χ1v) is 8.74. The fourth-order valence-electron chi connectivity index (χ4n) is 2.76. The number of ether oxygens (including phenoxy) is 1. The van der Waals surface area contributed by atoms with Gasteiger partial charge in [0.15, 0.2) is 5.75 Å². The third-order valence-electron chi connectivity index (χ3n) is 4.21. The van der Waals surface area contributed by atoms with Crippen molar-refractivity contribution >= 4 is 28.1 Å². The van der Waals surface area contributed by atoms with E-state index in [0.29, 0.717) is 23.4 Å². The Balaban J connectivity index is 1.80. The van der Waals surface area contributed by atoms with Crippen LogP contribution in [-0.2, 0) is 0 Å². The lowest BCUT2D eigenvalue weighted by Crippen LogP contribution is -2.19. The summed E-state index contributed by atoms with van der Waals surface area (Å²) < 4.78 is 5.27. The highest BCUT2D eigenvalue weighted by Crippen LogP contribution is 2.28. The summed E-state index contributed by atoms with van der Waals surface area (Å²) in [6.45, 7) is 3.75. The quantitative estimate of drug-likeness (QED) is 0.394. The van der Waals surface area contributed by atoms with Gasteiger partial charge in [-0.05, 0) is 48.9 Å². The zero-order valence-corrected chi connectivity index (χ0v) is 15.5. The number of hydrazone groups is 1. The second kappa shape index (κ2) is 8.30. The van der Waals surface area contributed by atoms with Crippen LogP contribution in [0.15, 0.2) is 65.8 Å². The summed E-state index contributed by atoms with van der Waals surface area (Å²) in [6, 6.07) is 17.7. The molecule has 0 aliphatic heterocycles. The number of rotatable bonds is 6. The number of nitrogens with one attached hydrogen (secondary N) is 1. The molecule has 0 fully saturated rings. The molecule has 28 heavy (non-hydrogen) atoms. The Hall–Kier alpha value is -3.74. The van der Waals surface area contributed by atoms with Crippen LogP contribution < -0.4 is 10.2 Å². The van der Waals surface area contributed by atoms with Gasteiger partial charge in [-0.1, -0.05) is 30.3 Å². The lowest BCUT2D eigenvalue weighted by Gasteiger charge is -2.07. The first-order chi connectivity index (χ1) is 13.5. The van der Waals surface area contributed by atoms with Crippen LogP contribution in [0.25, 0.3) is 10.8 Å². The summed E-state index contributed by atoms with van der Waals surface area (Å²) in [5, 5.41) is 17.3. The molecule has 142 valence electrons. The van der Waals surface area contributed by atoms with E-state index in [9.17, 15) is 14.9 Å². The standard InChI is InChI=1S/C21H19N3O4/c1-3-28-20-11-10-16(13-19(20)24(26)27)14(2)22-23-21(25)18-9-8-15-6-4-5-7-17(15)12-18/h4-13H,3H2,1-2H3,(H,23,25)/b22-14-. The Kier molecular flexibility index (Phi) is 5.64. The van der Waals surface area contributed by atoms with Crippen molar-refractivity contribution in [1.82, 2.24) is 5.43 Å². The predicted molar refractivity (Wildman–Crippen MR) is 108 cm³/mol. The van der Waals surface area contributed by atoms with E-state index in [1.54, 1.807) is 32.0 Å². The highest BCUT2D eigenvalue weighted by molar-refractivity contribution is 6.02. The molecule has 0 radical (unpaired) electrons. The predicted octanol–water partition coefficient (Wildman–Crippen LogP) is 4.30. The molecule has 0 aliphatic carbocycles. The molecule has 0 saturated carbocycles. The fraction of sp³-hybridized carbons (Fsp3) is 0.143. The van der Waals surface area contributed by atoms with E-state index in [0.717, 1.165) is 10.8 Å². The average Bonchev–Trinajstić information content (AvgIpc) is 2.71. The zero-order valence-electron chi connectivity index (χ0n) is 15.5. The Morgan fingerprint density at radius 1 is 1.07 bits per heavy atom. The average molecular weight is 377 g/mol. The molecule has 0 aliphatic rings. The van der Waals surface area contributed by atoms with E-state index in [4.69, 9.17) is 4.74 Å². The minimum absolute atomic E-state index is 0.144. The first-order valence-electron chi connectivity index (χ1n) is 8.74. The van der Waals surface area contributed by atoms with Gasteiger partial charge >= 0.3 is 5.69 Å². The summed E-state index contributed by atoms with van der Waals surface area (Å²) >= 11 is 0. The lowest BCUT2D eigenvalue weighted by molar-refractivity contribution is -0.385. The number of nitrogens with zero attached hydrogens (tertiary/aromatic N) is 2. The van der Waals surface area contributed by atoms with E-state index < -0.39 is 4.92 Å². The molecule has 3 rings (SSSR count). The van der Waals surface area contributed by atoms with Gasteiger partial charge in [0.05, 0.1) is 17.2 Å². The van der Waals surface area contributed by atoms with Crippen molar-refractivity contribution in [3.8, 4) is 5.75 Å². The van der Waals surface area contributed by atoms with E-state index in [-0.39, 0.29) is 17.3 Å². The van der Waals surface area contributed by atoms with Crippen LogP contribution in [0.3, 0.4) is 0 Å². The Morgan fingerprint density at radius 2 is 1.79 bits per heavy atom. The number of benzene rings is 3. The van der Waals surface area contributed by atoms with Crippen molar-refractivity contribution in [2.45, 2.75) is 13.8 Å². The second-order valence-corrected chi connectivity index (χ2v) is 6.07. The molecule has 3 aromatic carbocycles. The smallest absolute Gasteiger partial charge is 0.311 e. The molecule has 0 unspecified atom stereocenters. The molecule has 0 atom stereocenters. The van der Waals surface area contributed by atoms with E-state index >= 15 is 0 Å². The monoisotopic (exact) mass is 377 g/mol. The molecular formula is C21H19N3O4. The summed E-state index contributed by atoms with van der Waals surface area (Å²) in [5.74, 6) is -0.158. The largest absolute Gasteiger partial charge is 0.487 e. The molecule has 1 amide bonds. The Morgan fingerprint density at radius 3 is 2.50 bits per heavy atom. The van der Waals surface area contributed by atoms with Crippen LogP contribution >= 0.6 is 0 Å². The molecule has 7 heteroatoms. The molecule has 0 spiro atoms. The minimum atomic E-state index is -0.505. The molecule has 3 aromatic rings. The van der Waals surface area contributed by atoms with Crippen LogP contribution in [0, 0.1) is 10.1 Å². The number of nitro benzene ring substituents is 1. The number of fused-ring (bicyclic) bond motifs is 1.